The summed E-state index contributed by atoms with van der Waals surface area (Å²) in [6, 6.07) is 17.3. The molecule has 0 fully saturated rings. The molecule has 0 saturated carbocycles. The standard InChI is InChI=1S/C18H12BrClN2O2/c19-14-7-3-1-5-12(14)16-9-10-18(24)22(21-16)11-17(23)13-6-2-4-8-15(13)20/h1-10H,11H2. The average Bonchev–Trinajstić information content (AvgIpc) is 2.58. The zero-order valence-corrected chi connectivity index (χ0v) is 14.8. The number of halogens is 2. The number of hydrogen-bond donors (Lipinski definition) is 0. The second-order valence-corrected chi connectivity index (χ2v) is 6.36. The van der Waals surface area contributed by atoms with E-state index in [-0.39, 0.29) is 17.9 Å². The predicted molar refractivity (Wildman–Crippen MR) is 97.4 cm³/mol. The Bertz CT molecular complexity index is 969. The van der Waals surface area contributed by atoms with Crippen molar-refractivity contribution < 1.29 is 4.79 Å². The summed E-state index contributed by atoms with van der Waals surface area (Å²) in [5.74, 6) is -0.264. The molecule has 0 atom stereocenters. The molecule has 0 aliphatic heterocycles. The third kappa shape index (κ3) is 3.47. The molecule has 0 aliphatic rings. The molecule has 1 heterocycles. The van der Waals surface area contributed by atoms with E-state index in [0.29, 0.717) is 16.3 Å². The minimum absolute atomic E-state index is 0.166. The molecule has 0 saturated heterocycles. The molecule has 0 amide bonds. The first-order valence-corrected chi connectivity index (χ1v) is 8.34. The van der Waals surface area contributed by atoms with Crippen LogP contribution >= 0.6 is 27.5 Å². The van der Waals surface area contributed by atoms with Gasteiger partial charge in [-0.2, -0.15) is 5.10 Å². The van der Waals surface area contributed by atoms with Gasteiger partial charge in [0.2, 0.25) is 0 Å². The third-order valence-corrected chi connectivity index (χ3v) is 4.51. The number of nitrogens with zero attached hydrogens (tertiary/aromatic N) is 2. The lowest BCUT2D eigenvalue weighted by Gasteiger charge is -2.08. The van der Waals surface area contributed by atoms with Crippen LogP contribution in [0.4, 0.5) is 0 Å². The number of hydrogen-bond acceptors (Lipinski definition) is 3. The van der Waals surface area contributed by atoms with Crippen molar-refractivity contribution in [2.45, 2.75) is 6.54 Å². The fourth-order valence-corrected chi connectivity index (χ4v) is 3.01. The Balaban J connectivity index is 1.96. The molecule has 0 unspecified atom stereocenters. The summed E-state index contributed by atoms with van der Waals surface area (Å²) in [5.41, 5.74) is 1.48. The lowest BCUT2D eigenvalue weighted by Crippen LogP contribution is -2.26. The van der Waals surface area contributed by atoms with Gasteiger partial charge < -0.3 is 0 Å². The van der Waals surface area contributed by atoms with E-state index in [2.05, 4.69) is 21.0 Å². The van der Waals surface area contributed by atoms with Gasteiger partial charge >= 0.3 is 0 Å². The highest BCUT2D eigenvalue weighted by Crippen LogP contribution is 2.25. The predicted octanol–water partition coefficient (Wildman–Crippen LogP) is 4.21. The second-order valence-electron chi connectivity index (χ2n) is 5.10. The minimum atomic E-state index is -0.341. The number of ketones is 1. The normalized spacial score (nSPS) is 10.6. The first kappa shape index (κ1) is 16.6. The van der Waals surface area contributed by atoms with Gasteiger partial charge in [-0.3, -0.25) is 9.59 Å². The summed E-state index contributed by atoms with van der Waals surface area (Å²) in [4.78, 5) is 24.5. The van der Waals surface area contributed by atoms with Crippen molar-refractivity contribution in [2.24, 2.45) is 0 Å². The van der Waals surface area contributed by atoms with Gasteiger partial charge in [0.1, 0.15) is 6.54 Å². The summed E-state index contributed by atoms with van der Waals surface area (Å²) >= 11 is 9.50. The first-order chi connectivity index (χ1) is 11.6. The average molecular weight is 404 g/mol. The van der Waals surface area contributed by atoms with Crippen LogP contribution in [0.25, 0.3) is 11.3 Å². The van der Waals surface area contributed by atoms with Crippen LogP contribution in [0.2, 0.25) is 5.02 Å². The van der Waals surface area contributed by atoms with Crippen LogP contribution in [0, 0.1) is 0 Å². The summed E-state index contributed by atoms with van der Waals surface area (Å²) in [6.07, 6.45) is 0. The minimum Gasteiger partial charge on any atom is -0.292 e. The molecule has 0 bridgehead atoms. The van der Waals surface area contributed by atoms with Crippen molar-refractivity contribution in [3.05, 3.63) is 86.1 Å². The van der Waals surface area contributed by atoms with Crippen molar-refractivity contribution in [1.82, 2.24) is 9.78 Å². The zero-order chi connectivity index (χ0) is 17.1. The Morgan fingerprint density at radius 3 is 2.50 bits per heavy atom. The van der Waals surface area contributed by atoms with Gasteiger partial charge in [-0.05, 0) is 24.3 Å². The molecule has 0 spiro atoms. The molecule has 24 heavy (non-hydrogen) atoms. The molecule has 3 rings (SSSR count). The Morgan fingerprint density at radius 1 is 1.04 bits per heavy atom. The van der Waals surface area contributed by atoms with Crippen LogP contribution in [0.5, 0.6) is 0 Å². The molecular weight excluding hydrogens is 392 g/mol. The molecule has 0 radical (unpaired) electrons. The third-order valence-electron chi connectivity index (χ3n) is 3.48. The highest BCUT2D eigenvalue weighted by molar-refractivity contribution is 9.10. The molecule has 3 aromatic rings. The Morgan fingerprint density at radius 2 is 1.75 bits per heavy atom. The largest absolute Gasteiger partial charge is 0.292 e. The van der Waals surface area contributed by atoms with Crippen molar-refractivity contribution in [3.8, 4) is 11.3 Å². The van der Waals surface area contributed by atoms with Crippen molar-refractivity contribution in [2.75, 3.05) is 0 Å². The van der Waals surface area contributed by atoms with E-state index in [1.807, 2.05) is 24.3 Å². The van der Waals surface area contributed by atoms with Crippen molar-refractivity contribution in [1.29, 1.82) is 0 Å². The van der Waals surface area contributed by atoms with E-state index in [0.717, 1.165) is 14.7 Å². The number of aromatic nitrogens is 2. The summed E-state index contributed by atoms with van der Waals surface area (Å²) in [7, 11) is 0. The number of carbonyl (C=O) groups excluding carboxylic acids is 1. The monoisotopic (exact) mass is 402 g/mol. The Hall–Kier alpha value is -2.24. The van der Waals surface area contributed by atoms with Gasteiger partial charge in [-0.15, -0.1) is 0 Å². The molecule has 2 aromatic carbocycles. The van der Waals surface area contributed by atoms with Crippen LogP contribution in [-0.2, 0) is 6.54 Å². The van der Waals surface area contributed by atoms with E-state index in [1.54, 1.807) is 30.3 Å². The molecule has 4 nitrogen and oxygen atoms in total. The molecule has 6 heteroatoms. The fourth-order valence-electron chi connectivity index (χ4n) is 2.28. The van der Waals surface area contributed by atoms with Crippen molar-refractivity contribution >= 4 is 33.3 Å². The van der Waals surface area contributed by atoms with Gasteiger partial charge in [-0.25, -0.2) is 4.68 Å². The molecule has 0 N–H and O–H groups in total. The van der Waals surface area contributed by atoms with Crippen LogP contribution < -0.4 is 5.56 Å². The summed E-state index contributed by atoms with van der Waals surface area (Å²) in [6.45, 7) is -0.166. The van der Waals surface area contributed by atoms with Gasteiger partial charge in [0.05, 0.1) is 10.7 Å². The maximum absolute atomic E-state index is 12.4. The summed E-state index contributed by atoms with van der Waals surface area (Å²) in [5, 5.41) is 4.67. The van der Waals surface area contributed by atoms with E-state index in [9.17, 15) is 9.59 Å². The van der Waals surface area contributed by atoms with Crippen LogP contribution in [-0.4, -0.2) is 15.6 Å². The van der Waals surface area contributed by atoms with Crippen LogP contribution in [0.15, 0.2) is 69.9 Å². The van der Waals surface area contributed by atoms with Gasteiger partial charge in [0.15, 0.2) is 5.78 Å². The summed E-state index contributed by atoms with van der Waals surface area (Å²) < 4.78 is 2.01. The Kier molecular flexibility index (Phi) is 4.92. The maximum atomic E-state index is 12.4. The van der Waals surface area contributed by atoms with E-state index >= 15 is 0 Å². The highest BCUT2D eigenvalue weighted by Gasteiger charge is 2.13. The highest BCUT2D eigenvalue weighted by atomic mass is 79.9. The number of Topliss-reactive ketones (excluding diaryl/α,β-unsaturated/α-hetero) is 1. The fraction of sp³-hybridized carbons (Fsp3) is 0.0556. The van der Waals surface area contributed by atoms with Gasteiger partial charge in [0.25, 0.3) is 5.56 Å². The van der Waals surface area contributed by atoms with Crippen LogP contribution in [0.1, 0.15) is 10.4 Å². The van der Waals surface area contributed by atoms with E-state index in [1.165, 1.54) is 6.07 Å². The molecule has 0 aliphatic carbocycles. The SMILES string of the molecule is O=C(Cn1nc(-c2ccccc2Br)ccc1=O)c1ccccc1Cl. The topological polar surface area (TPSA) is 52.0 Å². The first-order valence-electron chi connectivity index (χ1n) is 7.17. The molecule has 120 valence electrons. The number of benzene rings is 2. The van der Waals surface area contributed by atoms with E-state index in [4.69, 9.17) is 11.6 Å². The lowest BCUT2D eigenvalue weighted by molar-refractivity contribution is 0.0966. The maximum Gasteiger partial charge on any atom is 0.267 e. The van der Waals surface area contributed by atoms with E-state index < -0.39 is 0 Å². The molecule has 1 aromatic heterocycles. The smallest absolute Gasteiger partial charge is 0.267 e. The number of rotatable bonds is 4. The zero-order valence-electron chi connectivity index (χ0n) is 12.4. The van der Waals surface area contributed by atoms with Crippen LogP contribution in [0.3, 0.4) is 0 Å². The van der Waals surface area contributed by atoms with Crippen molar-refractivity contribution in [3.63, 3.8) is 0 Å². The quantitative estimate of drug-likeness (QED) is 0.613. The van der Waals surface area contributed by atoms with Gasteiger partial charge in [-0.1, -0.05) is 57.9 Å². The second kappa shape index (κ2) is 7.11. The molecular formula is C18H12BrClN2O2. The number of carbonyl (C=O) groups is 1. The van der Waals surface area contributed by atoms with Gasteiger partial charge in [0, 0.05) is 21.7 Å². The lowest BCUT2D eigenvalue weighted by atomic mass is 10.1. The Labute approximate surface area is 151 Å².